The molecule has 0 fully saturated rings. The maximum absolute atomic E-state index is 6.08. The van der Waals surface area contributed by atoms with E-state index in [1.54, 1.807) is 7.11 Å². The van der Waals surface area contributed by atoms with Gasteiger partial charge in [-0.25, -0.2) is 0 Å². The second-order valence-corrected chi connectivity index (χ2v) is 14.4. The van der Waals surface area contributed by atoms with Crippen molar-refractivity contribution in [3.05, 3.63) is 116 Å². The summed E-state index contributed by atoms with van der Waals surface area (Å²) in [6.45, 7) is 24.5. The molecule has 51 heavy (non-hydrogen) atoms. The lowest BCUT2D eigenvalue weighted by Crippen LogP contribution is -2.15. The first-order chi connectivity index (χ1) is 24.3. The van der Waals surface area contributed by atoms with Crippen molar-refractivity contribution in [1.82, 2.24) is 5.32 Å². The molecular formula is C43H59BrClN5O. The van der Waals surface area contributed by atoms with E-state index in [9.17, 15) is 0 Å². The van der Waals surface area contributed by atoms with Crippen LogP contribution in [0.2, 0.25) is 5.02 Å². The summed E-state index contributed by atoms with van der Waals surface area (Å²) in [7, 11) is 1.67. The minimum absolute atomic E-state index is 0.430. The van der Waals surface area contributed by atoms with Gasteiger partial charge in [-0.05, 0) is 128 Å². The Morgan fingerprint density at radius 2 is 1.67 bits per heavy atom. The molecule has 0 aliphatic heterocycles. The molecule has 0 spiro atoms. The first-order valence-electron chi connectivity index (χ1n) is 18.0. The van der Waals surface area contributed by atoms with Crippen LogP contribution in [0.5, 0.6) is 5.75 Å². The van der Waals surface area contributed by atoms with Gasteiger partial charge in [0.05, 0.1) is 29.7 Å². The van der Waals surface area contributed by atoms with Gasteiger partial charge in [-0.1, -0.05) is 89.2 Å². The van der Waals surface area contributed by atoms with E-state index in [2.05, 4.69) is 116 Å². The van der Waals surface area contributed by atoms with Crippen LogP contribution in [0.4, 0.5) is 5.69 Å². The maximum atomic E-state index is 6.08. The van der Waals surface area contributed by atoms with Gasteiger partial charge in [0.15, 0.2) is 0 Å². The van der Waals surface area contributed by atoms with Gasteiger partial charge in [0.25, 0.3) is 0 Å². The Hall–Kier alpha value is -3.68. The number of nitrogens with zero attached hydrogens (tertiary/aromatic N) is 3. The zero-order valence-electron chi connectivity index (χ0n) is 32.5. The Morgan fingerprint density at radius 1 is 0.961 bits per heavy atom. The SMILES string of the molecule is C=C(Br)Nc1ccc(CCN/C(C)=C\CC)cc1C(C)CC.CCC(C)/C(C)=N\N=C(/C)CN=C(c1ccc(Cl)cc1)c1cc(OC)ccc1C. The van der Waals surface area contributed by atoms with Crippen molar-refractivity contribution in [1.29, 1.82) is 0 Å². The van der Waals surface area contributed by atoms with Crippen LogP contribution < -0.4 is 15.4 Å². The second kappa shape index (κ2) is 23.0. The Labute approximate surface area is 321 Å². The molecule has 3 aromatic rings. The predicted molar refractivity (Wildman–Crippen MR) is 228 cm³/mol. The fourth-order valence-corrected chi connectivity index (χ4v) is 5.48. The van der Waals surface area contributed by atoms with E-state index in [-0.39, 0.29) is 0 Å². The normalized spacial score (nSPS) is 13.6. The molecule has 0 bridgehead atoms. The number of nitrogens with one attached hydrogen (secondary N) is 2. The van der Waals surface area contributed by atoms with Crippen molar-refractivity contribution in [3.63, 3.8) is 0 Å². The first-order valence-corrected chi connectivity index (χ1v) is 19.2. The summed E-state index contributed by atoms with van der Waals surface area (Å²) in [6.07, 6.45) is 6.52. The minimum Gasteiger partial charge on any atom is -0.497 e. The monoisotopic (exact) mass is 775 g/mol. The molecule has 3 rings (SSSR count). The van der Waals surface area contributed by atoms with Gasteiger partial charge in [0, 0.05) is 39.8 Å². The van der Waals surface area contributed by atoms with Gasteiger partial charge in [-0.15, -0.1) is 0 Å². The van der Waals surface area contributed by atoms with Crippen LogP contribution in [0.3, 0.4) is 0 Å². The molecule has 0 heterocycles. The number of aryl methyl sites for hydroxylation is 1. The zero-order valence-corrected chi connectivity index (χ0v) is 34.8. The van der Waals surface area contributed by atoms with Crippen LogP contribution in [0.1, 0.15) is 108 Å². The van der Waals surface area contributed by atoms with Crippen molar-refractivity contribution in [2.24, 2.45) is 21.1 Å². The van der Waals surface area contributed by atoms with Crippen molar-refractivity contribution < 1.29 is 4.74 Å². The van der Waals surface area contributed by atoms with Crippen molar-refractivity contribution in [2.45, 2.75) is 93.9 Å². The summed E-state index contributed by atoms with van der Waals surface area (Å²) in [4.78, 5) is 4.89. The van der Waals surface area contributed by atoms with Crippen LogP contribution in [0, 0.1) is 12.8 Å². The summed E-state index contributed by atoms with van der Waals surface area (Å²) >= 11 is 9.47. The van der Waals surface area contributed by atoms with E-state index in [4.69, 9.17) is 21.3 Å². The highest BCUT2D eigenvalue weighted by atomic mass is 79.9. The van der Waals surface area contributed by atoms with Crippen LogP contribution >= 0.6 is 27.5 Å². The van der Waals surface area contributed by atoms with Gasteiger partial charge in [0.2, 0.25) is 0 Å². The lowest BCUT2D eigenvalue weighted by atomic mass is 9.94. The number of hydrogen-bond acceptors (Lipinski definition) is 6. The molecule has 0 saturated heterocycles. The van der Waals surface area contributed by atoms with E-state index in [1.165, 1.54) is 16.8 Å². The van der Waals surface area contributed by atoms with E-state index < -0.39 is 0 Å². The molecule has 0 radical (unpaired) electrons. The molecule has 0 saturated carbocycles. The van der Waals surface area contributed by atoms with Crippen molar-refractivity contribution >= 4 is 50.4 Å². The summed E-state index contributed by atoms with van der Waals surface area (Å²) in [5, 5.41) is 16.2. The molecule has 3 aromatic carbocycles. The fourth-order valence-electron chi connectivity index (χ4n) is 5.14. The number of halogens is 2. The molecule has 0 aliphatic carbocycles. The highest BCUT2D eigenvalue weighted by Crippen LogP contribution is 2.30. The average Bonchev–Trinajstić information content (AvgIpc) is 3.12. The lowest BCUT2D eigenvalue weighted by Gasteiger charge is -2.18. The van der Waals surface area contributed by atoms with Gasteiger partial charge in [0.1, 0.15) is 5.75 Å². The molecule has 2 N–H and O–H groups in total. The molecule has 2 unspecified atom stereocenters. The molecule has 0 amide bonds. The largest absolute Gasteiger partial charge is 0.497 e. The zero-order chi connectivity index (χ0) is 37.9. The van der Waals surface area contributed by atoms with Crippen molar-refractivity contribution in [2.75, 3.05) is 25.5 Å². The molecule has 276 valence electrons. The Bertz CT molecular complexity index is 1680. The van der Waals surface area contributed by atoms with E-state index in [0.717, 1.165) is 82.1 Å². The number of methoxy groups -OCH3 is 1. The van der Waals surface area contributed by atoms with Gasteiger partial charge < -0.3 is 15.4 Å². The molecule has 0 aliphatic rings. The third-order valence-corrected chi connectivity index (χ3v) is 9.30. The fraction of sp³-hybridized carbons (Fsp3) is 0.419. The number of anilines is 1. The Balaban J connectivity index is 0.000000368. The molecular weight excluding hydrogens is 718 g/mol. The van der Waals surface area contributed by atoms with Crippen LogP contribution in [-0.4, -0.2) is 37.3 Å². The Kier molecular flexibility index (Phi) is 19.6. The van der Waals surface area contributed by atoms with E-state index >= 15 is 0 Å². The van der Waals surface area contributed by atoms with Gasteiger partial charge in [-0.2, -0.15) is 10.2 Å². The lowest BCUT2D eigenvalue weighted by molar-refractivity contribution is 0.414. The van der Waals surface area contributed by atoms with E-state index in [1.807, 2.05) is 56.3 Å². The van der Waals surface area contributed by atoms with Gasteiger partial charge in [-0.3, -0.25) is 4.99 Å². The van der Waals surface area contributed by atoms with E-state index in [0.29, 0.717) is 23.4 Å². The summed E-state index contributed by atoms with van der Waals surface area (Å²) in [6, 6.07) is 20.4. The molecule has 8 heteroatoms. The van der Waals surface area contributed by atoms with Crippen LogP contribution in [-0.2, 0) is 6.42 Å². The van der Waals surface area contributed by atoms with Gasteiger partial charge >= 0.3 is 0 Å². The number of allylic oxidation sites excluding steroid dienone is 2. The van der Waals surface area contributed by atoms with Crippen LogP contribution in [0.15, 0.2) is 98.8 Å². The predicted octanol–water partition coefficient (Wildman–Crippen LogP) is 12.3. The summed E-state index contributed by atoms with van der Waals surface area (Å²) < 4.78 is 6.22. The Morgan fingerprint density at radius 3 is 2.27 bits per heavy atom. The highest BCUT2D eigenvalue weighted by molar-refractivity contribution is 9.11. The number of aliphatic imine (C=N–C) groups is 1. The average molecular weight is 777 g/mol. The summed E-state index contributed by atoms with van der Waals surface area (Å²) in [5.74, 6) is 1.76. The molecule has 2 atom stereocenters. The highest BCUT2D eigenvalue weighted by Gasteiger charge is 2.13. The third-order valence-electron chi connectivity index (χ3n) is 8.84. The smallest absolute Gasteiger partial charge is 0.119 e. The number of rotatable bonds is 17. The first kappa shape index (κ1) is 43.5. The number of hydrogen-bond donors (Lipinski definition) is 2. The molecule has 6 nitrogen and oxygen atoms in total. The minimum atomic E-state index is 0.430. The number of benzene rings is 3. The molecule has 0 aromatic heterocycles. The standard InChI is InChI=1S/C24H30ClN3O.C19H29BrN2/c1-7-16(2)19(5)28-27-18(4)15-26-24(20-9-11-21(25)12-10-20)23-14-22(29-6)13-8-17(23)3;1-6-8-15(4)21-12-11-17-9-10-19(22-16(5)20)18(13-17)14(3)7-2/h8-14,16H,7,15H2,1-6H3;8-10,13-14,21-22H,5-7,11-12H2,1-4H3/b26-24?,27-18+,28-19-;15-8-. The summed E-state index contributed by atoms with van der Waals surface area (Å²) in [5.41, 5.74) is 11.1. The quantitative estimate of drug-likeness (QED) is 0.0815. The van der Waals surface area contributed by atoms with Crippen molar-refractivity contribution in [3.8, 4) is 5.75 Å². The maximum Gasteiger partial charge on any atom is 0.119 e. The third kappa shape index (κ3) is 15.2. The number of ether oxygens (including phenoxy) is 1. The van der Waals surface area contributed by atoms with Crippen LogP contribution in [0.25, 0.3) is 0 Å². The topological polar surface area (TPSA) is 70.4 Å². The second-order valence-electron chi connectivity index (χ2n) is 13.0.